The van der Waals surface area contributed by atoms with Gasteiger partial charge < -0.3 is 9.84 Å². The lowest BCUT2D eigenvalue weighted by atomic mass is 9.65. The average molecular weight is 288 g/mol. The Morgan fingerprint density at radius 2 is 2.00 bits per heavy atom. The second-order valence-corrected chi connectivity index (χ2v) is 7.84. The van der Waals surface area contributed by atoms with Crippen LogP contribution < -0.4 is 4.74 Å². The molecule has 116 valence electrons. The zero-order chi connectivity index (χ0) is 15.0. The fraction of sp³-hybridized carbons (Fsp3) is 0.684. The molecule has 1 fully saturated rings. The van der Waals surface area contributed by atoms with Crippen LogP contribution in [-0.2, 0) is 6.42 Å². The van der Waals surface area contributed by atoms with Gasteiger partial charge in [0.2, 0.25) is 0 Å². The third-order valence-corrected chi connectivity index (χ3v) is 5.55. The number of aliphatic hydroxyl groups excluding tert-OH is 1. The summed E-state index contributed by atoms with van der Waals surface area (Å²) in [6.07, 6.45) is 5.51. The molecule has 2 heteroatoms. The molecule has 1 heterocycles. The molecule has 3 rings (SSSR count). The summed E-state index contributed by atoms with van der Waals surface area (Å²) in [5.74, 6) is 2.12. The van der Waals surface area contributed by atoms with Crippen LogP contribution in [0.4, 0.5) is 0 Å². The third kappa shape index (κ3) is 3.11. The van der Waals surface area contributed by atoms with Crippen LogP contribution in [0.5, 0.6) is 5.75 Å². The second kappa shape index (κ2) is 5.64. The second-order valence-electron chi connectivity index (χ2n) is 7.84. The van der Waals surface area contributed by atoms with Crippen LogP contribution in [-0.4, -0.2) is 17.3 Å². The molecule has 0 saturated heterocycles. The van der Waals surface area contributed by atoms with E-state index >= 15 is 0 Å². The average Bonchev–Trinajstić information content (AvgIpc) is 2.79. The Kier molecular flexibility index (Phi) is 4.00. The van der Waals surface area contributed by atoms with Crippen molar-refractivity contribution >= 4 is 0 Å². The van der Waals surface area contributed by atoms with Gasteiger partial charge in [0.1, 0.15) is 11.9 Å². The molecule has 1 aromatic carbocycles. The van der Waals surface area contributed by atoms with Crippen molar-refractivity contribution in [1.29, 1.82) is 0 Å². The van der Waals surface area contributed by atoms with Crippen molar-refractivity contribution in [2.45, 2.75) is 65.1 Å². The molecule has 1 saturated carbocycles. The van der Waals surface area contributed by atoms with Crippen molar-refractivity contribution in [2.24, 2.45) is 17.3 Å². The lowest BCUT2D eigenvalue weighted by molar-refractivity contribution is -0.0273. The van der Waals surface area contributed by atoms with Gasteiger partial charge in [-0.05, 0) is 48.1 Å². The monoisotopic (exact) mass is 288 g/mol. The van der Waals surface area contributed by atoms with Gasteiger partial charge in [-0.1, -0.05) is 45.4 Å². The predicted molar refractivity (Wildman–Crippen MR) is 85.5 cm³/mol. The zero-order valence-corrected chi connectivity index (χ0v) is 13.5. The first-order valence-electron chi connectivity index (χ1n) is 8.38. The maximum absolute atomic E-state index is 10.5. The van der Waals surface area contributed by atoms with Crippen LogP contribution >= 0.6 is 0 Å². The number of fused-ring (bicyclic) bond motifs is 1. The summed E-state index contributed by atoms with van der Waals surface area (Å²) >= 11 is 0. The van der Waals surface area contributed by atoms with Gasteiger partial charge in [0.15, 0.2) is 0 Å². The van der Waals surface area contributed by atoms with Crippen LogP contribution in [0, 0.1) is 17.3 Å². The lowest BCUT2D eigenvalue weighted by Gasteiger charge is -2.43. The normalized spacial score (nSPS) is 32.6. The van der Waals surface area contributed by atoms with Gasteiger partial charge in [-0.25, -0.2) is 0 Å². The van der Waals surface area contributed by atoms with Gasteiger partial charge >= 0.3 is 0 Å². The minimum atomic E-state index is -0.146. The largest absolute Gasteiger partial charge is 0.490 e. The molecular weight excluding hydrogens is 260 g/mol. The highest BCUT2D eigenvalue weighted by Gasteiger charge is 2.40. The van der Waals surface area contributed by atoms with Gasteiger partial charge in [0.05, 0.1) is 6.10 Å². The molecule has 0 radical (unpaired) electrons. The first-order valence-corrected chi connectivity index (χ1v) is 8.38. The number of hydrogen-bond donors (Lipinski definition) is 1. The van der Waals surface area contributed by atoms with Crippen molar-refractivity contribution in [3.05, 3.63) is 29.8 Å². The fourth-order valence-electron chi connectivity index (χ4n) is 4.37. The Balaban J connectivity index is 1.64. The van der Waals surface area contributed by atoms with Gasteiger partial charge in [0, 0.05) is 6.42 Å². The highest BCUT2D eigenvalue weighted by Crippen LogP contribution is 2.44. The molecule has 1 aliphatic heterocycles. The van der Waals surface area contributed by atoms with Crippen molar-refractivity contribution in [1.82, 2.24) is 0 Å². The number of hydrogen-bond acceptors (Lipinski definition) is 2. The maximum atomic E-state index is 10.5. The number of para-hydroxylation sites is 1. The third-order valence-electron chi connectivity index (χ3n) is 5.55. The van der Waals surface area contributed by atoms with E-state index in [1.807, 2.05) is 6.07 Å². The van der Waals surface area contributed by atoms with Crippen LogP contribution in [0.2, 0.25) is 0 Å². The smallest absolute Gasteiger partial charge is 0.123 e. The van der Waals surface area contributed by atoms with Crippen molar-refractivity contribution in [3.8, 4) is 5.75 Å². The Labute approximate surface area is 128 Å². The molecule has 1 aromatic rings. The number of benzene rings is 1. The number of rotatable bonds is 3. The molecule has 0 aromatic heterocycles. The van der Waals surface area contributed by atoms with E-state index in [1.165, 1.54) is 12.0 Å². The fourth-order valence-corrected chi connectivity index (χ4v) is 4.37. The number of ether oxygens (including phenoxy) is 1. The van der Waals surface area contributed by atoms with Crippen LogP contribution in [0.15, 0.2) is 24.3 Å². The molecule has 4 atom stereocenters. The highest BCUT2D eigenvalue weighted by atomic mass is 16.5. The SMILES string of the molecule is CC1CCC(C(C)(C)CC2Cc3ccccc3O2)C(O)C1. The van der Waals surface area contributed by atoms with E-state index in [1.54, 1.807) is 0 Å². The molecule has 4 unspecified atom stereocenters. The quantitative estimate of drug-likeness (QED) is 0.903. The van der Waals surface area contributed by atoms with Gasteiger partial charge in [-0.15, -0.1) is 0 Å². The first kappa shape index (κ1) is 14.9. The summed E-state index contributed by atoms with van der Waals surface area (Å²) in [6.45, 7) is 6.87. The van der Waals surface area contributed by atoms with E-state index < -0.39 is 0 Å². The summed E-state index contributed by atoms with van der Waals surface area (Å²) in [7, 11) is 0. The molecule has 2 aliphatic rings. The van der Waals surface area contributed by atoms with Crippen LogP contribution in [0.3, 0.4) is 0 Å². The Morgan fingerprint density at radius 1 is 1.24 bits per heavy atom. The topological polar surface area (TPSA) is 29.5 Å². The van der Waals surface area contributed by atoms with Gasteiger partial charge in [-0.2, -0.15) is 0 Å². The van der Waals surface area contributed by atoms with E-state index in [4.69, 9.17) is 4.74 Å². The predicted octanol–water partition coefficient (Wildman–Crippen LogP) is 4.20. The molecule has 1 N–H and O–H groups in total. The summed E-state index contributed by atoms with van der Waals surface area (Å²) in [5, 5.41) is 10.5. The van der Waals surface area contributed by atoms with Crippen LogP contribution in [0.25, 0.3) is 0 Å². The molecule has 0 amide bonds. The first-order chi connectivity index (χ1) is 9.95. The number of aliphatic hydroxyl groups is 1. The molecule has 1 aliphatic carbocycles. The standard InChI is InChI=1S/C19H28O2/c1-13-8-9-16(17(20)10-13)19(2,3)12-15-11-14-6-4-5-7-18(14)21-15/h4-7,13,15-17,20H,8-12H2,1-3H3. The van der Waals surface area contributed by atoms with Crippen LogP contribution in [0.1, 0.15) is 52.0 Å². The molecule has 0 spiro atoms. The molecule has 2 nitrogen and oxygen atoms in total. The van der Waals surface area contributed by atoms with Gasteiger partial charge in [-0.3, -0.25) is 0 Å². The van der Waals surface area contributed by atoms with E-state index in [9.17, 15) is 5.11 Å². The molecule has 0 bridgehead atoms. The maximum Gasteiger partial charge on any atom is 0.123 e. The van der Waals surface area contributed by atoms with Crippen molar-refractivity contribution in [3.63, 3.8) is 0 Å². The van der Waals surface area contributed by atoms with Gasteiger partial charge in [0.25, 0.3) is 0 Å². The lowest BCUT2D eigenvalue weighted by Crippen LogP contribution is -2.41. The minimum absolute atomic E-state index is 0.131. The Morgan fingerprint density at radius 3 is 2.71 bits per heavy atom. The van der Waals surface area contributed by atoms with Crippen molar-refractivity contribution < 1.29 is 9.84 Å². The highest BCUT2D eigenvalue weighted by molar-refractivity contribution is 5.37. The minimum Gasteiger partial charge on any atom is -0.490 e. The van der Waals surface area contributed by atoms with E-state index in [0.717, 1.165) is 31.4 Å². The summed E-state index contributed by atoms with van der Waals surface area (Å²) in [4.78, 5) is 0. The summed E-state index contributed by atoms with van der Waals surface area (Å²) in [5.41, 5.74) is 1.46. The van der Waals surface area contributed by atoms with E-state index in [0.29, 0.717) is 11.8 Å². The summed E-state index contributed by atoms with van der Waals surface area (Å²) < 4.78 is 6.11. The summed E-state index contributed by atoms with van der Waals surface area (Å²) in [6, 6.07) is 8.36. The molecular formula is C19H28O2. The Bertz CT molecular complexity index is 469. The zero-order valence-electron chi connectivity index (χ0n) is 13.5. The van der Waals surface area contributed by atoms with E-state index in [-0.39, 0.29) is 17.6 Å². The van der Waals surface area contributed by atoms with Crippen molar-refractivity contribution in [2.75, 3.05) is 0 Å². The Hall–Kier alpha value is -1.02. The molecule has 21 heavy (non-hydrogen) atoms. The van der Waals surface area contributed by atoms with E-state index in [2.05, 4.69) is 39.0 Å².